The zero-order chi connectivity index (χ0) is 14.0. The quantitative estimate of drug-likeness (QED) is 0.865. The second-order valence-corrected chi connectivity index (χ2v) is 5.04. The number of amides is 2. The van der Waals surface area contributed by atoms with Crippen molar-refractivity contribution in [3.05, 3.63) is 29.8 Å². The molecular formula is C14H19N3O2. The molecule has 1 atom stereocenters. The number of hydrogen-bond acceptors (Lipinski definition) is 3. The Morgan fingerprint density at radius 1 is 1.26 bits per heavy atom. The van der Waals surface area contributed by atoms with Crippen LogP contribution in [0.3, 0.4) is 0 Å². The summed E-state index contributed by atoms with van der Waals surface area (Å²) < 4.78 is 0. The fourth-order valence-electron chi connectivity index (χ4n) is 2.14. The van der Waals surface area contributed by atoms with E-state index in [4.69, 9.17) is 0 Å². The van der Waals surface area contributed by atoms with Gasteiger partial charge in [0.05, 0.1) is 6.54 Å². The molecule has 0 aliphatic carbocycles. The molecule has 1 heterocycles. The fourth-order valence-corrected chi connectivity index (χ4v) is 2.14. The van der Waals surface area contributed by atoms with E-state index in [1.54, 1.807) is 21.1 Å². The van der Waals surface area contributed by atoms with Gasteiger partial charge >= 0.3 is 0 Å². The van der Waals surface area contributed by atoms with Crippen molar-refractivity contribution < 1.29 is 9.59 Å². The van der Waals surface area contributed by atoms with Crippen LogP contribution in [0.15, 0.2) is 24.3 Å². The molecule has 1 aromatic rings. The van der Waals surface area contributed by atoms with Crippen LogP contribution in [0, 0.1) is 0 Å². The Labute approximate surface area is 113 Å². The highest BCUT2D eigenvalue weighted by Crippen LogP contribution is 2.25. The van der Waals surface area contributed by atoms with Crippen molar-refractivity contribution in [1.82, 2.24) is 9.80 Å². The molecule has 0 aromatic heterocycles. The number of carbonyl (C=O) groups is 2. The van der Waals surface area contributed by atoms with Crippen LogP contribution in [0.25, 0.3) is 0 Å². The summed E-state index contributed by atoms with van der Waals surface area (Å²) in [7, 11) is 5.03. The Balaban J connectivity index is 1.97. The maximum absolute atomic E-state index is 12.3. The van der Waals surface area contributed by atoms with E-state index >= 15 is 0 Å². The van der Waals surface area contributed by atoms with Gasteiger partial charge in [0.2, 0.25) is 11.8 Å². The number of carbonyl (C=O) groups excluding carboxylic acids is 2. The van der Waals surface area contributed by atoms with Gasteiger partial charge in [-0.3, -0.25) is 9.59 Å². The summed E-state index contributed by atoms with van der Waals surface area (Å²) in [4.78, 5) is 26.8. The molecule has 0 saturated heterocycles. The van der Waals surface area contributed by atoms with Crippen molar-refractivity contribution in [2.45, 2.75) is 12.5 Å². The molecule has 5 nitrogen and oxygen atoms in total. The first kappa shape index (κ1) is 13.4. The average molecular weight is 261 g/mol. The van der Waals surface area contributed by atoms with Gasteiger partial charge in [-0.1, -0.05) is 18.2 Å². The Hall–Kier alpha value is -2.04. The SMILES string of the molecule is CN(C)C(=O)CN(C)C(=O)[C@@H]1Cc2ccccc2N1. The molecule has 1 aliphatic heterocycles. The molecule has 0 spiro atoms. The fraction of sp³-hybridized carbons (Fsp3) is 0.429. The molecule has 0 saturated carbocycles. The number of para-hydroxylation sites is 1. The van der Waals surface area contributed by atoms with Crippen LogP contribution < -0.4 is 5.32 Å². The van der Waals surface area contributed by atoms with Gasteiger partial charge in [-0.2, -0.15) is 0 Å². The van der Waals surface area contributed by atoms with E-state index in [1.807, 2.05) is 24.3 Å². The summed E-state index contributed by atoms with van der Waals surface area (Å²) in [5, 5.41) is 3.20. The summed E-state index contributed by atoms with van der Waals surface area (Å²) in [6.07, 6.45) is 0.676. The molecule has 0 unspecified atom stereocenters. The minimum absolute atomic E-state index is 0.0496. The van der Waals surface area contributed by atoms with Gasteiger partial charge in [-0.15, -0.1) is 0 Å². The van der Waals surface area contributed by atoms with Crippen LogP contribution in [0.2, 0.25) is 0 Å². The number of hydrogen-bond donors (Lipinski definition) is 1. The molecule has 5 heteroatoms. The van der Waals surface area contributed by atoms with E-state index in [0.29, 0.717) is 6.42 Å². The van der Waals surface area contributed by atoms with Gasteiger partial charge in [0.1, 0.15) is 6.04 Å². The first-order chi connectivity index (χ1) is 8.99. The molecule has 1 N–H and O–H groups in total. The average Bonchev–Trinajstić information content (AvgIpc) is 2.81. The monoisotopic (exact) mass is 261 g/mol. The highest BCUT2D eigenvalue weighted by molar-refractivity contribution is 5.90. The Morgan fingerprint density at radius 3 is 2.58 bits per heavy atom. The van der Waals surface area contributed by atoms with Crippen LogP contribution in [0.4, 0.5) is 5.69 Å². The van der Waals surface area contributed by atoms with Crippen molar-refractivity contribution in [1.29, 1.82) is 0 Å². The normalized spacial score (nSPS) is 16.5. The lowest BCUT2D eigenvalue weighted by molar-refractivity contribution is -0.138. The molecule has 2 amide bonds. The zero-order valence-electron chi connectivity index (χ0n) is 11.5. The number of nitrogens with one attached hydrogen (secondary N) is 1. The molecule has 19 heavy (non-hydrogen) atoms. The standard InChI is InChI=1S/C14H19N3O2/c1-16(2)13(18)9-17(3)14(19)12-8-10-6-4-5-7-11(10)15-12/h4-7,12,15H,8-9H2,1-3H3/t12-/m0/s1. The molecule has 0 radical (unpaired) electrons. The van der Waals surface area contributed by atoms with Crippen LogP contribution in [-0.4, -0.2) is 55.3 Å². The summed E-state index contributed by atoms with van der Waals surface area (Å²) in [6, 6.07) is 7.62. The number of rotatable bonds is 3. The van der Waals surface area contributed by atoms with Crippen molar-refractivity contribution in [2.75, 3.05) is 33.0 Å². The van der Waals surface area contributed by atoms with Gasteiger partial charge < -0.3 is 15.1 Å². The Bertz CT molecular complexity index is 474. The van der Waals surface area contributed by atoms with Crippen molar-refractivity contribution >= 4 is 17.5 Å². The van der Waals surface area contributed by atoms with Crippen LogP contribution >= 0.6 is 0 Å². The maximum atomic E-state index is 12.3. The zero-order valence-corrected chi connectivity index (χ0v) is 11.5. The lowest BCUT2D eigenvalue weighted by atomic mass is 10.1. The number of nitrogens with zero attached hydrogens (tertiary/aromatic N) is 2. The third-order valence-corrected chi connectivity index (χ3v) is 3.32. The molecule has 102 valence electrons. The summed E-state index contributed by atoms with van der Waals surface area (Å²) >= 11 is 0. The van der Waals surface area contributed by atoms with Crippen molar-refractivity contribution in [2.24, 2.45) is 0 Å². The lowest BCUT2D eigenvalue weighted by Crippen LogP contribution is -2.44. The third-order valence-electron chi connectivity index (χ3n) is 3.32. The predicted octanol–water partition coefficient (Wildman–Crippen LogP) is 0.570. The predicted molar refractivity (Wildman–Crippen MR) is 73.9 cm³/mol. The van der Waals surface area contributed by atoms with Crippen molar-refractivity contribution in [3.8, 4) is 0 Å². The first-order valence-electron chi connectivity index (χ1n) is 6.28. The summed E-state index contributed by atoms with van der Waals surface area (Å²) in [5.41, 5.74) is 2.15. The number of benzene rings is 1. The molecule has 2 rings (SSSR count). The van der Waals surface area contributed by atoms with E-state index in [0.717, 1.165) is 11.3 Å². The maximum Gasteiger partial charge on any atom is 0.245 e. The topological polar surface area (TPSA) is 52.7 Å². The molecule has 1 aromatic carbocycles. The lowest BCUT2D eigenvalue weighted by Gasteiger charge is -2.22. The number of anilines is 1. The van der Waals surface area contributed by atoms with E-state index in [-0.39, 0.29) is 24.4 Å². The van der Waals surface area contributed by atoms with E-state index in [1.165, 1.54) is 9.80 Å². The minimum atomic E-state index is -0.266. The van der Waals surface area contributed by atoms with Crippen molar-refractivity contribution in [3.63, 3.8) is 0 Å². The van der Waals surface area contributed by atoms with Crippen LogP contribution in [0.5, 0.6) is 0 Å². The highest BCUT2D eigenvalue weighted by atomic mass is 16.2. The largest absolute Gasteiger partial charge is 0.373 e. The smallest absolute Gasteiger partial charge is 0.245 e. The van der Waals surface area contributed by atoms with Gasteiger partial charge in [-0.05, 0) is 11.6 Å². The van der Waals surface area contributed by atoms with Gasteiger partial charge in [0.25, 0.3) is 0 Å². The minimum Gasteiger partial charge on any atom is -0.373 e. The second kappa shape index (κ2) is 5.30. The van der Waals surface area contributed by atoms with Gasteiger partial charge in [-0.25, -0.2) is 0 Å². The molecular weight excluding hydrogens is 242 g/mol. The van der Waals surface area contributed by atoms with Crippen LogP contribution in [-0.2, 0) is 16.0 Å². The first-order valence-corrected chi connectivity index (χ1v) is 6.28. The summed E-state index contributed by atoms with van der Waals surface area (Å²) in [5.74, 6) is -0.127. The Kier molecular flexibility index (Phi) is 3.74. The Morgan fingerprint density at radius 2 is 1.95 bits per heavy atom. The van der Waals surface area contributed by atoms with E-state index in [9.17, 15) is 9.59 Å². The highest BCUT2D eigenvalue weighted by Gasteiger charge is 2.29. The van der Waals surface area contributed by atoms with E-state index < -0.39 is 0 Å². The second-order valence-electron chi connectivity index (χ2n) is 5.04. The third kappa shape index (κ3) is 2.86. The van der Waals surface area contributed by atoms with Gasteiger partial charge in [0.15, 0.2) is 0 Å². The van der Waals surface area contributed by atoms with Crippen LogP contribution in [0.1, 0.15) is 5.56 Å². The number of fused-ring (bicyclic) bond motifs is 1. The summed E-state index contributed by atoms with van der Waals surface area (Å²) in [6.45, 7) is 0.111. The molecule has 0 fully saturated rings. The van der Waals surface area contributed by atoms with E-state index in [2.05, 4.69) is 5.32 Å². The molecule has 0 bridgehead atoms. The van der Waals surface area contributed by atoms with Gasteiger partial charge in [0, 0.05) is 33.3 Å². The molecule has 1 aliphatic rings. The number of likely N-dealkylation sites (N-methyl/N-ethyl adjacent to an activating group) is 2.